The van der Waals surface area contributed by atoms with Crippen molar-refractivity contribution in [2.45, 2.75) is 0 Å². The zero-order chi connectivity index (χ0) is 30.4. The van der Waals surface area contributed by atoms with E-state index in [0.717, 1.165) is 5.82 Å². The summed E-state index contributed by atoms with van der Waals surface area (Å²) in [4.78, 5) is 9.93. The molecule has 0 atom stereocenters. The quantitative estimate of drug-likeness (QED) is 0.176. The molecule has 0 unspecified atom stereocenters. The van der Waals surface area contributed by atoms with E-state index in [-0.39, 0.29) is 0 Å². The van der Waals surface area contributed by atoms with Crippen molar-refractivity contribution in [3.63, 3.8) is 0 Å². The Bertz CT molecular complexity index is 1610. The molecule has 6 aromatic carbocycles. The molecule has 3 nitrogen and oxygen atoms in total. The van der Waals surface area contributed by atoms with E-state index < -0.39 is 16.5 Å². The lowest BCUT2D eigenvalue weighted by Gasteiger charge is -2.54. The third-order valence-corrected chi connectivity index (χ3v) is 19.4. The summed E-state index contributed by atoms with van der Waals surface area (Å²) in [6, 6.07) is 66.6. The second kappa shape index (κ2) is 12.7. The average molecular weight is 612 g/mol. The molecule has 0 aliphatic rings. The van der Waals surface area contributed by atoms with Crippen LogP contribution in [0.3, 0.4) is 0 Å². The summed E-state index contributed by atoms with van der Waals surface area (Å²) < 4.78 is 2.78. The van der Waals surface area contributed by atoms with Crippen molar-refractivity contribution in [3.05, 3.63) is 201 Å². The Morgan fingerprint density at radius 3 is 0.822 bits per heavy atom. The van der Waals surface area contributed by atoms with Gasteiger partial charge in [-0.2, -0.15) is 0 Å². The van der Waals surface area contributed by atoms with Crippen molar-refractivity contribution in [1.82, 2.24) is 9.97 Å². The van der Waals surface area contributed by atoms with Crippen molar-refractivity contribution < 1.29 is 0 Å². The zero-order valence-corrected chi connectivity index (χ0v) is 26.9. The van der Waals surface area contributed by atoms with Gasteiger partial charge in [-0.1, -0.05) is 182 Å². The second-order valence-corrected chi connectivity index (χ2v) is 18.7. The first kappa shape index (κ1) is 28.4. The van der Waals surface area contributed by atoms with E-state index in [4.69, 9.17) is 9.97 Å². The minimum Gasteiger partial charge on any atom is -0.386 e. The first-order valence-electron chi connectivity index (χ1n) is 15.3. The predicted octanol–water partition coefficient (Wildman–Crippen LogP) is 4.62. The van der Waals surface area contributed by atoms with Crippen molar-refractivity contribution in [2.75, 3.05) is 4.23 Å². The van der Waals surface area contributed by atoms with E-state index >= 15 is 0 Å². The van der Waals surface area contributed by atoms with E-state index in [0.29, 0.717) is 0 Å². The lowest BCUT2D eigenvalue weighted by atomic mass is 10.3. The van der Waals surface area contributed by atoms with Crippen LogP contribution in [0, 0.1) is 0 Å². The normalized spacial score (nSPS) is 11.6. The largest absolute Gasteiger partial charge is 0.386 e. The molecule has 0 aliphatic carbocycles. The van der Waals surface area contributed by atoms with Gasteiger partial charge in [0.05, 0.1) is 6.20 Å². The standard InChI is InChI=1S/C40H33N3Si2/c1-7-19-34(20-8-1)44(35-21-9-2-10-22-35,36-23-11-3-12-24-36)43(40-33-41-31-32-42-40)45(37-25-13-4-14-26-37,38-27-15-5-16-28-38)39-29-17-6-18-30-39/h1-33H. The lowest BCUT2D eigenvalue weighted by Crippen LogP contribution is -2.91. The smallest absolute Gasteiger partial charge is 0.247 e. The Balaban J connectivity index is 1.77. The number of aromatic nitrogens is 2. The van der Waals surface area contributed by atoms with Crippen molar-refractivity contribution in [3.8, 4) is 0 Å². The van der Waals surface area contributed by atoms with Gasteiger partial charge in [-0.25, -0.2) is 4.98 Å². The van der Waals surface area contributed by atoms with Crippen LogP contribution in [0.2, 0.25) is 0 Å². The van der Waals surface area contributed by atoms with Gasteiger partial charge >= 0.3 is 0 Å². The van der Waals surface area contributed by atoms with Crippen molar-refractivity contribution in [1.29, 1.82) is 0 Å². The molecule has 0 fully saturated rings. The van der Waals surface area contributed by atoms with Gasteiger partial charge in [0.2, 0.25) is 16.5 Å². The summed E-state index contributed by atoms with van der Waals surface area (Å²) in [5, 5.41) is 7.71. The van der Waals surface area contributed by atoms with Gasteiger partial charge in [0.25, 0.3) is 0 Å². The Hall–Kier alpha value is -5.37. The Morgan fingerprint density at radius 2 is 0.600 bits per heavy atom. The lowest BCUT2D eigenvalue weighted by molar-refractivity contribution is 1.17. The SMILES string of the molecule is c1ccc([Si](c2ccccc2)(c2ccccc2)N(c2cnccn2)[Si](c2ccccc2)(c2ccccc2)c2ccccc2)cc1. The first-order chi connectivity index (χ1) is 22.4. The average Bonchev–Trinajstić information content (AvgIpc) is 3.14. The highest BCUT2D eigenvalue weighted by atomic mass is 28.4. The van der Waals surface area contributed by atoms with Crippen molar-refractivity contribution in [2.24, 2.45) is 0 Å². The van der Waals surface area contributed by atoms with Crippen LogP contribution in [-0.2, 0) is 0 Å². The predicted molar refractivity (Wildman–Crippen MR) is 192 cm³/mol. The molecule has 1 aromatic heterocycles. The Morgan fingerprint density at radius 1 is 0.333 bits per heavy atom. The van der Waals surface area contributed by atoms with Crippen LogP contribution < -0.4 is 35.4 Å². The number of hydrogen-bond acceptors (Lipinski definition) is 3. The molecule has 0 radical (unpaired) electrons. The van der Waals surface area contributed by atoms with Crippen LogP contribution in [0.25, 0.3) is 0 Å². The molecule has 0 saturated heterocycles. The Kier molecular flexibility index (Phi) is 8.02. The number of hydrogen-bond donors (Lipinski definition) is 0. The maximum Gasteiger partial charge on any atom is 0.247 e. The molecule has 0 N–H and O–H groups in total. The minimum atomic E-state index is -3.19. The van der Waals surface area contributed by atoms with Gasteiger partial charge in [-0.05, 0) is 31.1 Å². The zero-order valence-electron chi connectivity index (χ0n) is 24.9. The maximum absolute atomic E-state index is 5.20. The maximum atomic E-state index is 5.20. The number of rotatable bonds is 9. The summed E-state index contributed by atoms with van der Waals surface area (Å²) in [6.07, 6.45) is 5.57. The molecular formula is C40H33N3Si2. The van der Waals surface area contributed by atoms with Gasteiger partial charge in [-0.15, -0.1) is 0 Å². The summed E-state index contributed by atoms with van der Waals surface area (Å²) in [7, 11) is -6.37. The highest BCUT2D eigenvalue weighted by molar-refractivity contribution is 7.29. The molecule has 0 bridgehead atoms. The third-order valence-electron chi connectivity index (χ3n) is 8.60. The van der Waals surface area contributed by atoms with Gasteiger partial charge in [-0.3, -0.25) is 4.98 Å². The number of nitrogens with zero attached hydrogens (tertiary/aromatic N) is 3. The van der Waals surface area contributed by atoms with E-state index in [1.165, 1.54) is 31.1 Å². The fraction of sp³-hybridized carbons (Fsp3) is 0. The monoisotopic (exact) mass is 611 g/mol. The third kappa shape index (κ3) is 4.92. The molecule has 7 aromatic rings. The van der Waals surface area contributed by atoms with Crippen LogP contribution >= 0.6 is 0 Å². The fourth-order valence-electron chi connectivity index (χ4n) is 6.85. The minimum absolute atomic E-state index is 0.865. The molecule has 0 amide bonds. The van der Waals surface area contributed by atoms with Crippen molar-refractivity contribution >= 4 is 53.4 Å². The van der Waals surface area contributed by atoms with E-state index in [9.17, 15) is 0 Å². The summed E-state index contributed by atoms with van der Waals surface area (Å²) >= 11 is 0. The number of benzene rings is 6. The second-order valence-electron chi connectivity index (χ2n) is 11.0. The first-order valence-corrected chi connectivity index (χ1v) is 19.1. The molecule has 45 heavy (non-hydrogen) atoms. The van der Waals surface area contributed by atoms with Gasteiger partial charge in [0, 0.05) is 12.4 Å². The highest BCUT2D eigenvalue weighted by Gasteiger charge is 2.58. The highest BCUT2D eigenvalue weighted by Crippen LogP contribution is 2.28. The molecule has 0 spiro atoms. The van der Waals surface area contributed by atoms with E-state index in [1.807, 2.05) is 12.4 Å². The van der Waals surface area contributed by atoms with Gasteiger partial charge in [0.15, 0.2) is 0 Å². The van der Waals surface area contributed by atoms with Gasteiger partial charge in [0.1, 0.15) is 5.82 Å². The van der Waals surface area contributed by atoms with Crippen LogP contribution in [0.4, 0.5) is 5.82 Å². The summed E-state index contributed by atoms with van der Waals surface area (Å²) in [5.41, 5.74) is 0. The molecule has 216 valence electrons. The summed E-state index contributed by atoms with van der Waals surface area (Å²) in [5.74, 6) is 0.865. The fourth-order valence-corrected chi connectivity index (χ4v) is 19.7. The van der Waals surface area contributed by atoms with Crippen LogP contribution in [0.15, 0.2) is 201 Å². The van der Waals surface area contributed by atoms with E-state index in [2.05, 4.69) is 186 Å². The summed E-state index contributed by atoms with van der Waals surface area (Å²) in [6.45, 7) is 0. The molecule has 0 saturated carbocycles. The Labute approximate surface area is 267 Å². The topological polar surface area (TPSA) is 29.0 Å². The van der Waals surface area contributed by atoms with Crippen LogP contribution in [0.1, 0.15) is 0 Å². The van der Waals surface area contributed by atoms with Gasteiger partial charge < -0.3 is 4.23 Å². The number of anilines is 1. The van der Waals surface area contributed by atoms with Crippen LogP contribution in [-0.4, -0.2) is 26.4 Å². The molecule has 7 rings (SSSR count). The molecule has 0 aliphatic heterocycles. The molecular weight excluding hydrogens is 579 g/mol. The molecule has 1 heterocycles. The molecule has 5 heteroatoms. The van der Waals surface area contributed by atoms with Crippen LogP contribution in [0.5, 0.6) is 0 Å². The van der Waals surface area contributed by atoms with E-state index in [1.54, 1.807) is 6.20 Å².